The van der Waals surface area contributed by atoms with Crippen molar-refractivity contribution >= 4 is 12.0 Å². The first kappa shape index (κ1) is 13.8. The molecule has 98 valence electrons. The van der Waals surface area contributed by atoms with Crippen LogP contribution in [0.4, 0.5) is 4.79 Å². The van der Waals surface area contributed by atoms with E-state index in [1.807, 2.05) is 18.7 Å². The highest BCUT2D eigenvalue weighted by atomic mass is 16.4. The van der Waals surface area contributed by atoms with E-state index in [0.29, 0.717) is 5.92 Å². The zero-order valence-electron chi connectivity index (χ0n) is 10.6. The summed E-state index contributed by atoms with van der Waals surface area (Å²) < 4.78 is 0. The number of amides is 2. The van der Waals surface area contributed by atoms with Crippen LogP contribution in [0.1, 0.15) is 39.5 Å². The van der Waals surface area contributed by atoms with Crippen molar-refractivity contribution in [2.75, 3.05) is 13.1 Å². The number of hydrogen-bond donors (Lipinski definition) is 2. The van der Waals surface area contributed by atoms with E-state index in [1.54, 1.807) is 0 Å². The summed E-state index contributed by atoms with van der Waals surface area (Å²) in [5.74, 6) is -0.279. The van der Waals surface area contributed by atoms with Crippen molar-refractivity contribution in [1.82, 2.24) is 10.2 Å². The molecule has 0 saturated carbocycles. The molecule has 0 aromatic heterocycles. The van der Waals surface area contributed by atoms with E-state index >= 15 is 0 Å². The summed E-state index contributed by atoms with van der Waals surface area (Å²) in [5, 5.41) is 11.5. The molecule has 0 spiro atoms. The standard InChI is InChI=1S/C12H22N2O3/c1-9(2)13-12(17)14-7-5-10(6-8-14)3-4-11(15)16/h9-10H,3-8H2,1-2H3,(H,13,17)(H,15,16). The molecule has 2 N–H and O–H groups in total. The molecule has 17 heavy (non-hydrogen) atoms. The van der Waals surface area contributed by atoms with Crippen LogP contribution in [0.15, 0.2) is 0 Å². The summed E-state index contributed by atoms with van der Waals surface area (Å²) >= 11 is 0. The second kappa shape index (κ2) is 6.47. The Labute approximate surface area is 102 Å². The molecule has 0 aliphatic carbocycles. The van der Waals surface area contributed by atoms with Crippen molar-refractivity contribution in [2.45, 2.75) is 45.6 Å². The average Bonchev–Trinajstić information content (AvgIpc) is 2.26. The fourth-order valence-corrected chi connectivity index (χ4v) is 2.09. The Morgan fingerprint density at radius 1 is 1.35 bits per heavy atom. The molecule has 5 heteroatoms. The monoisotopic (exact) mass is 242 g/mol. The number of urea groups is 1. The van der Waals surface area contributed by atoms with Crippen LogP contribution in [0.3, 0.4) is 0 Å². The zero-order chi connectivity index (χ0) is 12.8. The summed E-state index contributed by atoms with van der Waals surface area (Å²) in [6.07, 6.45) is 2.80. The molecule has 1 rings (SSSR count). The van der Waals surface area contributed by atoms with E-state index in [2.05, 4.69) is 5.32 Å². The van der Waals surface area contributed by atoms with Crippen LogP contribution in [-0.4, -0.2) is 41.1 Å². The van der Waals surface area contributed by atoms with Gasteiger partial charge in [-0.1, -0.05) is 0 Å². The lowest BCUT2D eigenvalue weighted by Gasteiger charge is -2.32. The molecule has 2 amide bonds. The number of aliphatic carboxylic acids is 1. The SMILES string of the molecule is CC(C)NC(=O)N1CCC(CCC(=O)O)CC1. The van der Waals surface area contributed by atoms with Crippen LogP contribution in [-0.2, 0) is 4.79 Å². The number of rotatable bonds is 4. The fourth-order valence-electron chi connectivity index (χ4n) is 2.09. The normalized spacial score (nSPS) is 17.2. The maximum Gasteiger partial charge on any atom is 0.317 e. The number of carboxylic acids is 1. The van der Waals surface area contributed by atoms with Crippen LogP contribution in [0.2, 0.25) is 0 Å². The highest BCUT2D eigenvalue weighted by Crippen LogP contribution is 2.21. The minimum Gasteiger partial charge on any atom is -0.481 e. The average molecular weight is 242 g/mol. The largest absolute Gasteiger partial charge is 0.481 e. The van der Waals surface area contributed by atoms with Crippen molar-refractivity contribution in [3.63, 3.8) is 0 Å². The summed E-state index contributed by atoms with van der Waals surface area (Å²) in [6.45, 7) is 5.36. The van der Waals surface area contributed by atoms with E-state index < -0.39 is 5.97 Å². The highest BCUT2D eigenvalue weighted by Gasteiger charge is 2.23. The minimum atomic E-state index is -0.731. The van der Waals surface area contributed by atoms with Gasteiger partial charge in [0.05, 0.1) is 0 Å². The molecule has 1 saturated heterocycles. The van der Waals surface area contributed by atoms with Crippen LogP contribution >= 0.6 is 0 Å². The number of likely N-dealkylation sites (tertiary alicyclic amines) is 1. The van der Waals surface area contributed by atoms with Crippen molar-refractivity contribution < 1.29 is 14.7 Å². The second-order valence-electron chi connectivity index (χ2n) is 4.97. The smallest absolute Gasteiger partial charge is 0.317 e. The van der Waals surface area contributed by atoms with Crippen LogP contribution in [0, 0.1) is 5.92 Å². The fraction of sp³-hybridized carbons (Fsp3) is 0.833. The molecule has 1 fully saturated rings. The van der Waals surface area contributed by atoms with E-state index in [-0.39, 0.29) is 18.5 Å². The summed E-state index contributed by atoms with van der Waals surface area (Å²) in [4.78, 5) is 24.0. The van der Waals surface area contributed by atoms with Gasteiger partial charge in [0.2, 0.25) is 0 Å². The molecule has 0 aromatic carbocycles. The van der Waals surface area contributed by atoms with Crippen molar-refractivity contribution in [3.05, 3.63) is 0 Å². The molecule has 0 unspecified atom stereocenters. The van der Waals surface area contributed by atoms with Gasteiger partial charge < -0.3 is 15.3 Å². The molecule has 0 atom stereocenters. The summed E-state index contributed by atoms with van der Waals surface area (Å²) in [7, 11) is 0. The number of nitrogens with one attached hydrogen (secondary N) is 1. The maximum atomic E-state index is 11.7. The zero-order valence-corrected chi connectivity index (χ0v) is 10.6. The first-order valence-corrected chi connectivity index (χ1v) is 6.26. The van der Waals surface area contributed by atoms with Gasteiger partial charge in [0.15, 0.2) is 0 Å². The van der Waals surface area contributed by atoms with Gasteiger partial charge in [-0.05, 0) is 39.0 Å². The predicted molar refractivity (Wildman–Crippen MR) is 64.8 cm³/mol. The number of nitrogens with zero attached hydrogens (tertiary/aromatic N) is 1. The van der Waals surface area contributed by atoms with Crippen LogP contribution in [0.25, 0.3) is 0 Å². The number of carbonyl (C=O) groups excluding carboxylic acids is 1. The van der Waals surface area contributed by atoms with Gasteiger partial charge in [-0.2, -0.15) is 0 Å². The lowest BCUT2D eigenvalue weighted by Crippen LogP contribution is -2.46. The van der Waals surface area contributed by atoms with E-state index in [4.69, 9.17) is 5.11 Å². The number of carbonyl (C=O) groups is 2. The van der Waals surface area contributed by atoms with E-state index in [1.165, 1.54) is 0 Å². The van der Waals surface area contributed by atoms with Gasteiger partial charge in [0.25, 0.3) is 0 Å². The molecule has 1 aliphatic heterocycles. The Balaban J connectivity index is 2.25. The Morgan fingerprint density at radius 3 is 2.41 bits per heavy atom. The molecule has 0 bridgehead atoms. The molecule has 0 radical (unpaired) electrons. The number of carboxylic acid groups (broad SMARTS) is 1. The van der Waals surface area contributed by atoms with Gasteiger partial charge in [-0.15, -0.1) is 0 Å². The third-order valence-corrected chi connectivity index (χ3v) is 3.08. The van der Waals surface area contributed by atoms with Crippen molar-refractivity contribution in [2.24, 2.45) is 5.92 Å². The molecule has 1 aliphatic rings. The maximum absolute atomic E-state index is 11.7. The highest BCUT2D eigenvalue weighted by molar-refractivity contribution is 5.74. The predicted octanol–water partition coefficient (Wildman–Crippen LogP) is 1.68. The van der Waals surface area contributed by atoms with Gasteiger partial charge in [-0.3, -0.25) is 4.79 Å². The first-order chi connectivity index (χ1) is 7.99. The minimum absolute atomic E-state index is 0.00307. The lowest BCUT2D eigenvalue weighted by atomic mass is 9.92. The van der Waals surface area contributed by atoms with Crippen molar-refractivity contribution in [3.8, 4) is 0 Å². The molecule has 5 nitrogen and oxygen atoms in total. The third-order valence-electron chi connectivity index (χ3n) is 3.08. The summed E-state index contributed by atoms with van der Waals surface area (Å²) in [6, 6.07) is 0.156. The van der Waals surface area contributed by atoms with Gasteiger partial charge >= 0.3 is 12.0 Å². The van der Waals surface area contributed by atoms with E-state index in [0.717, 1.165) is 32.4 Å². The Morgan fingerprint density at radius 2 is 1.94 bits per heavy atom. The van der Waals surface area contributed by atoms with Crippen LogP contribution < -0.4 is 5.32 Å². The van der Waals surface area contributed by atoms with Gasteiger partial charge in [0.1, 0.15) is 0 Å². The Bertz CT molecular complexity index is 271. The Kier molecular flexibility index (Phi) is 5.25. The van der Waals surface area contributed by atoms with Gasteiger partial charge in [0, 0.05) is 25.6 Å². The quantitative estimate of drug-likeness (QED) is 0.788. The lowest BCUT2D eigenvalue weighted by molar-refractivity contribution is -0.137. The Hall–Kier alpha value is -1.26. The molecular formula is C12H22N2O3. The second-order valence-corrected chi connectivity index (χ2v) is 4.97. The van der Waals surface area contributed by atoms with Gasteiger partial charge in [-0.25, -0.2) is 4.79 Å². The third kappa shape index (κ3) is 5.06. The van der Waals surface area contributed by atoms with Crippen LogP contribution in [0.5, 0.6) is 0 Å². The molecule has 1 heterocycles. The molecular weight excluding hydrogens is 220 g/mol. The van der Waals surface area contributed by atoms with E-state index in [9.17, 15) is 9.59 Å². The van der Waals surface area contributed by atoms with Crippen molar-refractivity contribution in [1.29, 1.82) is 0 Å². The molecule has 0 aromatic rings. The summed E-state index contributed by atoms with van der Waals surface area (Å²) in [5.41, 5.74) is 0. The number of piperidine rings is 1. The first-order valence-electron chi connectivity index (χ1n) is 6.26. The topological polar surface area (TPSA) is 69.6 Å². The number of hydrogen-bond acceptors (Lipinski definition) is 2.